The minimum Gasteiger partial charge on any atom is -0.398 e. The molecule has 0 aliphatic rings. The number of nitrogens with one attached hydrogen (secondary N) is 1. The molecule has 0 bridgehead atoms. The van der Waals surface area contributed by atoms with Gasteiger partial charge >= 0.3 is 0 Å². The van der Waals surface area contributed by atoms with E-state index in [9.17, 15) is 0 Å². The van der Waals surface area contributed by atoms with Crippen LogP contribution in [0.2, 0.25) is 0 Å². The van der Waals surface area contributed by atoms with Crippen molar-refractivity contribution in [3.63, 3.8) is 0 Å². The Morgan fingerprint density at radius 3 is 2.88 bits per heavy atom. The Bertz CT molecular complexity index is 488. The summed E-state index contributed by atoms with van der Waals surface area (Å²) in [6.45, 7) is 2.72. The van der Waals surface area contributed by atoms with E-state index >= 15 is 0 Å². The van der Waals surface area contributed by atoms with Gasteiger partial charge in [0, 0.05) is 24.6 Å². The quantitative estimate of drug-likeness (QED) is 0.771. The van der Waals surface area contributed by atoms with Crippen LogP contribution in [-0.4, -0.2) is 9.78 Å². The number of benzene rings is 1. The first-order chi connectivity index (χ1) is 7.66. The van der Waals surface area contributed by atoms with Crippen LogP contribution >= 0.6 is 0 Å². The molecule has 3 N–H and O–H groups in total. The Morgan fingerprint density at radius 2 is 2.19 bits per heavy atom. The van der Waals surface area contributed by atoms with Crippen molar-refractivity contribution in [2.24, 2.45) is 7.05 Å². The van der Waals surface area contributed by atoms with Crippen LogP contribution in [-0.2, 0) is 13.6 Å². The van der Waals surface area contributed by atoms with Crippen molar-refractivity contribution >= 4 is 11.4 Å². The van der Waals surface area contributed by atoms with Crippen LogP contribution < -0.4 is 11.1 Å². The summed E-state index contributed by atoms with van der Waals surface area (Å²) in [5.74, 6) is 0. The Morgan fingerprint density at radius 1 is 1.38 bits per heavy atom. The molecule has 0 saturated carbocycles. The third-order valence-corrected chi connectivity index (χ3v) is 2.60. The standard InChI is InChI=1S/C12H16N4/c1-9-11(13)4-3-5-12(9)14-8-10-6-7-16(2)15-10/h3-7,14H,8,13H2,1-2H3. The number of anilines is 2. The third-order valence-electron chi connectivity index (χ3n) is 2.60. The second-order valence-corrected chi connectivity index (χ2v) is 3.85. The molecular weight excluding hydrogens is 200 g/mol. The van der Waals surface area contributed by atoms with Gasteiger partial charge in [-0.05, 0) is 30.7 Å². The Labute approximate surface area is 95.1 Å². The maximum atomic E-state index is 5.83. The molecule has 0 aliphatic carbocycles. The van der Waals surface area contributed by atoms with E-state index in [-0.39, 0.29) is 0 Å². The number of aromatic nitrogens is 2. The van der Waals surface area contributed by atoms with Gasteiger partial charge in [0.1, 0.15) is 0 Å². The van der Waals surface area contributed by atoms with Gasteiger partial charge in [0.25, 0.3) is 0 Å². The first-order valence-electron chi connectivity index (χ1n) is 5.24. The van der Waals surface area contributed by atoms with E-state index < -0.39 is 0 Å². The van der Waals surface area contributed by atoms with Crippen molar-refractivity contribution < 1.29 is 0 Å². The number of rotatable bonds is 3. The number of hydrogen-bond donors (Lipinski definition) is 2. The van der Waals surface area contributed by atoms with E-state index in [1.165, 1.54) is 0 Å². The first kappa shape index (κ1) is 10.5. The van der Waals surface area contributed by atoms with Crippen molar-refractivity contribution in [2.45, 2.75) is 13.5 Å². The summed E-state index contributed by atoms with van der Waals surface area (Å²) in [6, 6.07) is 7.87. The molecule has 0 radical (unpaired) electrons. The van der Waals surface area contributed by atoms with Gasteiger partial charge < -0.3 is 11.1 Å². The van der Waals surface area contributed by atoms with E-state index in [0.717, 1.165) is 22.6 Å². The summed E-state index contributed by atoms with van der Waals surface area (Å²) in [4.78, 5) is 0. The van der Waals surface area contributed by atoms with Gasteiger partial charge in [-0.25, -0.2) is 0 Å². The summed E-state index contributed by atoms with van der Waals surface area (Å²) in [6.07, 6.45) is 1.93. The largest absolute Gasteiger partial charge is 0.398 e. The minimum atomic E-state index is 0.713. The predicted octanol–water partition coefficient (Wildman–Crippen LogP) is 1.92. The molecular formula is C12H16N4. The van der Waals surface area contributed by atoms with Crippen LogP contribution in [0.4, 0.5) is 11.4 Å². The van der Waals surface area contributed by atoms with Gasteiger partial charge in [-0.15, -0.1) is 0 Å². The van der Waals surface area contributed by atoms with Crippen molar-refractivity contribution in [2.75, 3.05) is 11.1 Å². The second kappa shape index (κ2) is 4.26. The van der Waals surface area contributed by atoms with Crippen LogP contribution in [0, 0.1) is 6.92 Å². The zero-order valence-electron chi connectivity index (χ0n) is 9.57. The van der Waals surface area contributed by atoms with Gasteiger partial charge in [-0.1, -0.05) is 6.07 Å². The molecule has 1 aromatic heterocycles. The average Bonchev–Trinajstić information content (AvgIpc) is 2.67. The van der Waals surface area contributed by atoms with E-state index in [2.05, 4.69) is 10.4 Å². The smallest absolute Gasteiger partial charge is 0.0815 e. The van der Waals surface area contributed by atoms with Crippen LogP contribution in [0.5, 0.6) is 0 Å². The highest BCUT2D eigenvalue weighted by atomic mass is 15.3. The number of nitrogens with zero attached hydrogens (tertiary/aromatic N) is 2. The van der Waals surface area contributed by atoms with E-state index in [4.69, 9.17) is 5.73 Å². The Kier molecular flexibility index (Phi) is 2.81. The summed E-state index contributed by atoms with van der Waals surface area (Å²) in [5.41, 5.74) is 9.81. The zero-order chi connectivity index (χ0) is 11.5. The van der Waals surface area contributed by atoms with Crippen LogP contribution in [0.3, 0.4) is 0 Å². The summed E-state index contributed by atoms with van der Waals surface area (Å²) in [7, 11) is 1.91. The molecule has 2 aromatic rings. The van der Waals surface area contributed by atoms with Crippen molar-refractivity contribution in [1.82, 2.24) is 9.78 Å². The molecule has 1 heterocycles. The van der Waals surface area contributed by atoms with Crippen molar-refractivity contribution in [1.29, 1.82) is 0 Å². The molecule has 1 aromatic carbocycles. The normalized spacial score (nSPS) is 10.4. The van der Waals surface area contributed by atoms with Gasteiger partial charge in [0.2, 0.25) is 0 Å². The summed E-state index contributed by atoms with van der Waals surface area (Å²) >= 11 is 0. The first-order valence-corrected chi connectivity index (χ1v) is 5.24. The lowest BCUT2D eigenvalue weighted by atomic mass is 10.1. The highest BCUT2D eigenvalue weighted by Gasteiger charge is 2.01. The predicted molar refractivity (Wildman–Crippen MR) is 66.1 cm³/mol. The molecule has 0 spiro atoms. The molecule has 0 unspecified atom stereocenters. The molecule has 0 fully saturated rings. The van der Waals surface area contributed by atoms with Crippen LogP contribution in [0.15, 0.2) is 30.5 Å². The highest BCUT2D eigenvalue weighted by Crippen LogP contribution is 2.20. The fourth-order valence-electron chi connectivity index (χ4n) is 1.59. The summed E-state index contributed by atoms with van der Waals surface area (Å²) < 4.78 is 1.79. The lowest BCUT2D eigenvalue weighted by molar-refractivity contribution is 0.747. The molecule has 0 saturated heterocycles. The highest BCUT2D eigenvalue weighted by molar-refractivity contribution is 5.62. The van der Waals surface area contributed by atoms with Gasteiger partial charge in [0.15, 0.2) is 0 Å². The van der Waals surface area contributed by atoms with Gasteiger partial charge in [-0.3, -0.25) is 4.68 Å². The van der Waals surface area contributed by atoms with Crippen molar-refractivity contribution in [3.8, 4) is 0 Å². The van der Waals surface area contributed by atoms with E-state index in [1.54, 1.807) is 4.68 Å². The molecule has 4 nitrogen and oxygen atoms in total. The van der Waals surface area contributed by atoms with Gasteiger partial charge in [0.05, 0.1) is 12.2 Å². The number of nitrogens with two attached hydrogens (primary N) is 1. The number of hydrogen-bond acceptors (Lipinski definition) is 3. The lowest BCUT2D eigenvalue weighted by Gasteiger charge is -2.09. The lowest BCUT2D eigenvalue weighted by Crippen LogP contribution is -2.03. The zero-order valence-corrected chi connectivity index (χ0v) is 9.57. The van der Waals surface area contributed by atoms with E-state index in [0.29, 0.717) is 6.54 Å². The molecule has 84 valence electrons. The monoisotopic (exact) mass is 216 g/mol. The maximum Gasteiger partial charge on any atom is 0.0815 e. The Hall–Kier alpha value is -1.97. The minimum absolute atomic E-state index is 0.713. The van der Waals surface area contributed by atoms with E-state index in [1.807, 2.05) is 44.4 Å². The molecule has 0 aliphatic heterocycles. The van der Waals surface area contributed by atoms with Crippen molar-refractivity contribution in [3.05, 3.63) is 41.7 Å². The average molecular weight is 216 g/mol. The third kappa shape index (κ3) is 2.16. The molecule has 0 amide bonds. The summed E-state index contributed by atoms with van der Waals surface area (Å²) in [5, 5.41) is 7.63. The number of aryl methyl sites for hydroxylation is 1. The Balaban J connectivity index is 2.07. The topological polar surface area (TPSA) is 55.9 Å². The molecule has 0 atom stereocenters. The molecule has 2 rings (SSSR count). The molecule has 4 heteroatoms. The SMILES string of the molecule is Cc1c(N)cccc1NCc1ccn(C)n1. The maximum absolute atomic E-state index is 5.83. The van der Waals surface area contributed by atoms with Crippen LogP contribution in [0.25, 0.3) is 0 Å². The number of nitrogen functional groups attached to an aromatic ring is 1. The van der Waals surface area contributed by atoms with Crippen LogP contribution in [0.1, 0.15) is 11.3 Å². The second-order valence-electron chi connectivity index (χ2n) is 3.85. The fourth-order valence-corrected chi connectivity index (χ4v) is 1.59. The van der Waals surface area contributed by atoms with Gasteiger partial charge in [-0.2, -0.15) is 5.10 Å². The molecule has 16 heavy (non-hydrogen) atoms. The fraction of sp³-hybridized carbons (Fsp3) is 0.250.